The fraction of sp³-hybridized carbons (Fsp3) is 0.571. The number of nitrogens with one attached hydrogen (secondary N) is 1. The van der Waals surface area contributed by atoms with E-state index >= 15 is 0 Å². The van der Waals surface area contributed by atoms with Crippen LogP contribution in [0.15, 0.2) is 17.6 Å². The number of nitrogens with zero attached hydrogens (tertiary/aromatic N) is 2. The molecule has 0 atom stereocenters. The highest BCUT2D eigenvalue weighted by molar-refractivity contribution is 7.89. The second-order valence-corrected chi connectivity index (χ2v) is 5.06. The SMILES string of the molecule is NCCN(CC(F)(F)F)S(=O)(=O)c1cnc[nH]1. The van der Waals surface area contributed by atoms with Crippen LogP contribution in [0.3, 0.4) is 0 Å². The second kappa shape index (κ2) is 5.02. The normalized spacial score (nSPS) is 13.2. The molecule has 6 nitrogen and oxygen atoms in total. The fourth-order valence-electron chi connectivity index (χ4n) is 1.15. The van der Waals surface area contributed by atoms with Crippen molar-refractivity contribution in [1.82, 2.24) is 14.3 Å². The van der Waals surface area contributed by atoms with E-state index in [9.17, 15) is 21.6 Å². The molecule has 98 valence electrons. The van der Waals surface area contributed by atoms with E-state index in [2.05, 4.69) is 9.97 Å². The first-order valence-corrected chi connectivity index (χ1v) is 5.97. The Morgan fingerprint density at radius 1 is 1.47 bits per heavy atom. The molecule has 1 aromatic rings. The van der Waals surface area contributed by atoms with Gasteiger partial charge in [0.15, 0.2) is 5.03 Å². The van der Waals surface area contributed by atoms with Gasteiger partial charge in [-0.05, 0) is 0 Å². The van der Waals surface area contributed by atoms with E-state index in [1.807, 2.05) is 0 Å². The quantitative estimate of drug-likeness (QED) is 0.784. The van der Waals surface area contributed by atoms with Crippen LogP contribution in [-0.2, 0) is 10.0 Å². The van der Waals surface area contributed by atoms with Gasteiger partial charge in [-0.25, -0.2) is 13.4 Å². The first-order valence-electron chi connectivity index (χ1n) is 4.52. The number of aromatic amines is 1. The zero-order chi connectivity index (χ0) is 13.1. The Kier molecular flexibility index (Phi) is 4.11. The lowest BCUT2D eigenvalue weighted by Gasteiger charge is -2.21. The van der Waals surface area contributed by atoms with Crippen LogP contribution in [0.2, 0.25) is 0 Å². The lowest BCUT2D eigenvalue weighted by Crippen LogP contribution is -2.41. The number of nitrogens with two attached hydrogens (primary N) is 1. The second-order valence-electron chi connectivity index (χ2n) is 3.16. The molecule has 0 aliphatic rings. The zero-order valence-corrected chi connectivity index (χ0v) is 9.42. The average Bonchev–Trinajstić information content (AvgIpc) is 2.68. The molecule has 0 fully saturated rings. The number of aromatic nitrogens is 2. The van der Waals surface area contributed by atoms with E-state index in [-0.39, 0.29) is 10.8 Å². The molecule has 0 radical (unpaired) electrons. The Hall–Kier alpha value is -1.13. The zero-order valence-electron chi connectivity index (χ0n) is 8.61. The molecule has 0 bridgehead atoms. The van der Waals surface area contributed by atoms with Gasteiger partial charge >= 0.3 is 6.18 Å². The number of rotatable bonds is 5. The van der Waals surface area contributed by atoms with Crippen molar-refractivity contribution in [3.8, 4) is 0 Å². The summed E-state index contributed by atoms with van der Waals surface area (Å²) < 4.78 is 60.5. The number of imidazole rings is 1. The van der Waals surface area contributed by atoms with E-state index in [0.717, 1.165) is 12.5 Å². The van der Waals surface area contributed by atoms with Gasteiger partial charge in [0.1, 0.15) is 6.54 Å². The summed E-state index contributed by atoms with van der Waals surface area (Å²) in [5.41, 5.74) is 5.10. The molecular weight excluding hydrogens is 261 g/mol. The molecule has 1 heterocycles. The van der Waals surface area contributed by atoms with E-state index in [4.69, 9.17) is 5.73 Å². The number of hydrogen-bond acceptors (Lipinski definition) is 4. The third-order valence-electron chi connectivity index (χ3n) is 1.83. The van der Waals surface area contributed by atoms with Gasteiger partial charge in [-0.15, -0.1) is 0 Å². The van der Waals surface area contributed by atoms with Crippen molar-refractivity contribution >= 4 is 10.0 Å². The highest BCUT2D eigenvalue weighted by Crippen LogP contribution is 2.20. The van der Waals surface area contributed by atoms with Crippen LogP contribution in [0.5, 0.6) is 0 Å². The van der Waals surface area contributed by atoms with Crippen LogP contribution >= 0.6 is 0 Å². The van der Waals surface area contributed by atoms with Gasteiger partial charge in [0.25, 0.3) is 10.0 Å². The molecule has 0 aliphatic heterocycles. The molecule has 3 N–H and O–H groups in total. The van der Waals surface area contributed by atoms with Crippen LogP contribution in [0.1, 0.15) is 0 Å². The summed E-state index contributed by atoms with van der Waals surface area (Å²) in [4.78, 5) is 5.71. The summed E-state index contributed by atoms with van der Waals surface area (Å²) in [5, 5.41) is -0.393. The predicted molar refractivity (Wildman–Crippen MR) is 52.5 cm³/mol. The van der Waals surface area contributed by atoms with Crippen molar-refractivity contribution in [2.24, 2.45) is 5.73 Å². The van der Waals surface area contributed by atoms with Crippen molar-refractivity contribution in [1.29, 1.82) is 0 Å². The van der Waals surface area contributed by atoms with Gasteiger partial charge < -0.3 is 10.7 Å². The molecule has 1 rings (SSSR count). The van der Waals surface area contributed by atoms with Gasteiger partial charge in [-0.1, -0.05) is 0 Å². The highest BCUT2D eigenvalue weighted by Gasteiger charge is 2.37. The summed E-state index contributed by atoms with van der Waals surface area (Å²) in [5.74, 6) is 0. The molecular formula is C7H11F3N4O2S. The number of sulfonamides is 1. The Balaban J connectivity index is 2.99. The van der Waals surface area contributed by atoms with Crippen molar-refractivity contribution in [2.75, 3.05) is 19.6 Å². The molecule has 10 heteroatoms. The van der Waals surface area contributed by atoms with E-state index in [0.29, 0.717) is 0 Å². The molecule has 0 unspecified atom stereocenters. The Bertz CT molecular complexity index is 442. The van der Waals surface area contributed by atoms with E-state index < -0.39 is 34.3 Å². The molecule has 0 spiro atoms. The lowest BCUT2D eigenvalue weighted by atomic mass is 10.5. The van der Waals surface area contributed by atoms with Crippen LogP contribution in [-0.4, -0.2) is 48.5 Å². The fourth-order valence-corrected chi connectivity index (χ4v) is 2.49. The van der Waals surface area contributed by atoms with Crippen LogP contribution in [0, 0.1) is 0 Å². The monoisotopic (exact) mass is 272 g/mol. The summed E-state index contributed by atoms with van der Waals surface area (Å²) in [7, 11) is -4.24. The smallest absolute Gasteiger partial charge is 0.335 e. The Morgan fingerprint density at radius 2 is 2.12 bits per heavy atom. The first-order chi connectivity index (χ1) is 7.77. The van der Waals surface area contributed by atoms with Crippen LogP contribution in [0.4, 0.5) is 13.2 Å². The minimum absolute atomic E-state index is 0.205. The molecule has 0 aliphatic carbocycles. The maximum atomic E-state index is 12.2. The average molecular weight is 272 g/mol. The third-order valence-corrected chi connectivity index (χ3v) is 3.60. The van der Waals surface area contributed by atoms with Gasteiger partial charge in [0.05, 0.1) is 12.5 Å². The lowest BCUT2D eigenvalue weighted by molar-refractivity contribution is -0.136. The largest absolute Gasteiger partial charge is 0.402 e. The first kappa shape index (κ1) is 13.9. The topological polar surface area (TPSA) is 92.1 Å². The van der Waals surface area contributed by atoms with Crippen molar-refractivity contribution in [3.05, 3.63) is 12.5 Å². The van der Waals surface area contributed by atoms with Gasteiger partial charge in [-0.3, -0.25) is 0 Å². The molecule has 0 amide bonds. The van der Waals surface area contributed by atoms with Crippen LogP contribution < -0.4 is 5.73 Å². The predicted octanol–water partition coefficient (Wildman–Crippen LogP) is -0.0786. The summed E-state index contributed by atoms with van der Waals surface area (Å²) >= 11 is 0. The van der Waals surface area contributed by atoms with Gasteiger partial charge in [0.2, 0.25) is 0 Å². The highest BCUT2D eigenvalue weighted by atomic mass is 32.2. The summed E-state index contributed by atoms with van der Waals surface area (Å²) in [6, 6.07) is 0. The number of hydrogen-bond donors (Lipinski definition) is 2. The number of H-pyrrole nitrogens is 1. The van der Waals surface area contributed by atoms with Crippen molar-refractivity contribution < 1.29 is 21.6 Å². The molecule has 17 heavy (non-hydrogen) atoms. The third kappa shape index (κ3) is 3.68. The minimum Gasteiger partial charge on any atom is -0.335 e. The number of alkyl halides is 3. The van der Waals surface area contributed by atoms with Crippen molar-refractivity contribution in [2.45, 2.75) is 11.2 Å². The molecule has 0 aromatic carbocycles. The van der Waals surface area contributed by atoms with E-state index in [1.165, 1.54) is 0 Å². The standard InChI is InChI=1S/C7H11F3N4O2S/c8-7(9,10)4-14(2-1-11)17(15,16)6-3-12-5-13-6/h3,5H,1-2,4,11H2,(H,12,13). The minimum atomic E-state index is -4.62. The maximum absolute atomic E-state index is 12.2. The molecule has 0 saturated heterocycles. The summed E-state index contributed by atoms with van der Waals surface area (Å²) in [6.07, 6.45) is -2.61. The van der Waals surface area contributed by atoms with Crippen molar-refractivity contribution in [3.63, 3.8) is 0 Å². The van der Waals surface area contributed by atoms with Gasteiger partial charge in [0, 0.05) is 13.1 Å². The molecule has 1 aromatic heterocycles. The Labute approximate surface area is 95.7 Å². The maximum Gasteiger partial charge on any atom is 0.402 e. The van der Waals surface area contributed by atoms with E-state index in [1.54, 1.807) is 0 Å². The summed E-state index contributed by atoms with van der Waals surface area (Å²) in [6.45, 7) is -2.20. The number of halogens is 3. The molecule has 0 saturated carbocycles. The van der Waals surface area contributed by atoms with Crippen LogP contribution in [0.25, 0.3) is 0 Å². The Morgan fingerprint density at radius 3 is 2.53 bits per heavy atom. The van der Waals surface area contributed by atoms with Gasteiger partial charge in [-0.2, -0.15) is 17.5 Å².